The summed E-state index contributed by atoms with van der Waals surface area (Å²) in [6.45, 7) is 0. The maximum atomic E-state index is 13.3. The standard InChI is InChI=1S/C13H8BrCl2F2N/c14-6-1-2-9(15)7(3-6)13(19)8-4-11(17)12(18)5-10(8)16/h1-5,13H,19H2. The fraction of sp³-hybridized carbons (Fsp3) is 0.0769. The summed E-state index contributed by atoms with van der Waals surface area (Å²) >= 11 is 15.3. The number of rotatable bonds is 2. The lowest BCUT2D eigenvalue weighted by Crippen LogP contribution is -2.13. The number of halogens is 5. The first-order valence-corrected chi connectivity index (χ1v) is 6.80. The monoisotopic (exact) mass is 365 g/mol. The molecule has 6 heteroatoms. The van der Waals surface area contributed by atoms with Gasteiger partial charge in [-0.15, -0.1) is 0 Å². The van der Waals surface area contributed by atoms with Gasteiger partial charge in [0.15, 0.2) is 11.6 Å². The van der Waals surface area contributed by atoms with Gasteiger partial charge in [0.2, 0.25) is 0 Å². The van der Waals surface area contributed by atoms with Gasteiger partial charge < -0.3 is 5.73 Å². The van der Waals surface area contributed by atoms with Crippen LogP contribution in [0.4, 0.5) is 8.78 Å². The summed E-state index contributed by atoms with van der Waals surface area (Å²) in [5.74, 6) is -2.01. The fourth-order valence-electron chi connectivity index (χ4n) is 1.70. The molecule has 2 rings (SSSR count). The van der Waals surface area contributed by atoms with Crippen LogP contribution in [-0.2, 0) is 0 Å². The van der Waals surface area contributed by atoms with Crippen LogP contribution in [0.1, 0.15) is 17.2 Å². The van der Waals surface area contributed by atoms with Crippen LogP contribution in [0.15, 0.2) is 34.8 Å². The molecular weight excluding hydrogens is 359 g/mol. The van der Waals surface area contributed by atoms with Gasteiger partial charge in [0.1, 0.15) is 0 Å². The molecule has 0 fully saturated rings. The molecule has 0 bridgehead atoms. The number of hydrogen-bond donors (Lipinski definition) is 1. The third-order valence-corrected chi connectivity index (χ3v) is 3.83. The largest absolute Gasteiger partial charge is 0.320 e. The molecule has 2 N–H and O–H groups in total. The molecule has 0 spiro atoms. The summed E-state index contributed by atoms with van der Waals surface area (Å²) in [5, 5.41) is 0.485. The molecule has 1 nitrogen and oxygen atoms in total. The van der Waals surface area contributed by atoms with Crippen LogP contribution in [-0.4, -0.2) is 0 Å². The summed E-state index contributed by atoms with van der Waals surface area (Å²) in [6, 6.07) is 6.27. The SMILES string of the molecule is NC(c1cc(Br)ccc1Cl)c1cc(F)c(F)cc1Cl. The molecule has 0 aromatic heterocycles. The zero-order valence-electron chi connectivity index (χ0n) is 9.43. The molecule has 1 atom stereocenters. The first-order valence-electron chi connectivity index (χ1n) is 5.25. The quantitative estimate of drug-likeness (QED) is 0.736. The molecule has 2 aromatic carbocycles. The lowest BCUT2D eigenvalue weighted by molar-refractivity contribution is 0.506. The average molecular weight is 367 g/mol. The minimum absolute atomic E-state index is 0.0578. The Morgan fingerprint density at radius 1 is 0.947 bits per heavy atom. The summed E-state index contributed by atoms with van der Waals surface area (Å²) in [7, 11) is 0. The van der Waals surface area contributed by atoms with E-state index in [0.29, 0.717) is 10.6 Å². The van der Waals surface area contributed by atoms with Crippen molar-refractivity contribution in [2.24, 2.45) is 5.73 Å². The zero-order chi connectivity index (χ0) is 14.2. The van der Waals surface area contributed by atoms with E-state index in [0.717, 1.165) is 16.6 Å². The molecule has 100 valence electrons. The van der Waals surface area contributed by atoms with Gasteiger partial charge in [0.25, 0.3) is 0 Å². The van der Waals surface area contributed by atoms with Crippen molar-refractivity contribution in [3.8, 4) is 0 Å². The number of nitrogens with two attached hydrogens (primary N) is 1. The topological polar surface area (TPSA) is 26.0 Å². The Morgan fingerprint density at radius 2 is 1.53 bits per heavy atom. The van der Waals surface area contributed by atoms with Crippen molar-refractivity contribution in [3.63, 3.8) is 0 Å². The van der Waals surface area contributed by atoms with Crippen LogP contribution < -0.4 is 5.73 Å². The highest BCUT2D eigenvalue weighted by Gasteiger charge is 2.18. The van der Waals surface area contributed by atoms with Gasteiger partial charge in [0.05, 0.1) is 6.04 Å². The van der Waals surface area contributed by atoms with Crippen LogP contribution in [0.25, 0.3) is 0 Å². The second kappa shape index (κ2) is 5.75. The first-order chi connectivity index (χ1) is 8.90. The van der Waals surface area contributed by atoms with E-state index in [4.69, 9.17) is 28.9 Å². The number of benzene rings is 2. The van der Waals surface area contributed by atoms with E-state index in [1.54, 1.807) is 18.2 Å². The van der Waals surface area contributed by atoms with Gasteiger partial charge >= 0.3 is 0 Å². The normalized spacial score (nSPS) is 12.5. The molecule has 0 saturated heterocycles. The van der Waals surface area contributed by atoms with Crippen molar-refractivity contribution >= 4 is 39.1 Å². The van der Waals surface area contributed by atoms with E-state index in [-0.39, 0.29) is 10.6 Å². The predicted octanol–water partition coefficient (Wildman–Crippen LogP) is 5.08. The van der Waals surface area contributed by atoms with Crippen LogP contribution >= 0.6 is 39.1 Å². The van der Waals surface area contributed by atoms with Crippen LogP contribution in [0.2, 0.25) is 10.0 Å². The maximum Gasteiger partial charge on any atom is 0.160 e. The Kier molecular flexibility index (Phi) is 4.46. The number of hydrogen-bond acceptors (Lipinski definition) is 1. The highest BCUT2D eigenvalue weighted by molar-refractivity contribution is 9.10. The van der Waals surface area contributed by atoms with Crippen molar-refractivity contribution in [1.29, 1.82) is 0 Å². The van der Waals surface area contributed by atoms with E-state index < -0.39 is 17.7 Å². The van der Waals surface area contributed by atoms with Crippen LogP contribution in [0, 0.1) is 11.6 Å². The Labute approximate surface area is 127 Å². The minimum Gasteiger partial charge on any atom is -0.320 e. The van der Waals surface area contributed by atoms with E-state index in [9.17, 15) is 8.78 Å². The molecule has 0 heterocycles. The summed E-state index contributed by atoms with van der Waals surface area (Å²) < 4.78 is 27.1. The molecule has 0 aliphatic rings. The van der Waals surface area contributed by atoms with Crippen molar-refractivity contribution in [1.82, 2.24) is 0 Å². The van der Waals surface area contributed by atoms with E-state index in [2.05, 4.69) is 15.9 Å². The van der Waals surface area contributed by atoms with Gasteiger partial charge in [-0.2, -0.15) is 0 Å². The first kappa shape index (κ1) is 14.7. The summed E-state index contributed by atoms with van der Waals surface area (Å²) in [4.78, 5) is 0. The summed E-state index contributed by atoms with van der Waals surface area (Å²) in [6.07, 6.45) is 0. The summed E-state index contributed by atoms with van der Waals surface area (Å²) in [5.41, 5.74) is 6.88. The van der Waals surface area contributed by atoms with E-state index in [1.807, 2.05) is 0 Å². The third kappa shape index (κ3) is 3.08. The van der Waals surface area contributed by atoms with Gasteiger partial charge in [-0.1, -0.05) is 39.1 Å². The lowest BCUT2D eigenvalue weighted by Gasteiger charge is -2.16. The van der Waals surface area contributed by atoms with Crippen LogP contribution in [0.5, 0.6) is 0 Å². The third-order valence-electron chi connectivity index (χ3n) is 2.67. The highest BCUT2D eigenvalue weighted by atomic mass is 79.9. The van der Waals surface area contributed by atoms with Crippen molar-refractivity contribution in [2.75, 3.05) is 0 Å². The van der Waals surface area contributed by atoms with Crippen LogP contribution in [0.3, 0.4) is 0 Å². The molecule has 2 aromatic rings. The lowest BCUT2D eigenvalue weighted by atomic mass is 9.99. The minimum atomic E-state index is -1.01. The molecule has 1 unspecified atom stereocenters. The van der Waals surface area contributed by atoms with Crippen molar-refractivity contribution in [2.45, 2.75) is 6.04 Å². The Bertz CT molecular complexity index is 634. The molecule has 0 aliphatic carbocycles. The predicted molar refractivity (Wildman–Crippen MR) is 76.6 cm³/mol. The Balaban J connectivity index is 2.52. The van der Waals surface area contributed by atoms with Crippen molar-refractivity contribution < 1.29 is 8.78 Å². The zero-order valence-corrected chi connectivity index (χ0v) is 12.5. The Hall–Kier alpha value is -0.680. The fourth-order valence-corrected chi connectivity index (χ4v) is 2.58. The van der Waals surface area contributed by atoms with Gasteiger partial charge in [-0.05, 0) is 41.5 Å². The molecule has 0 aliphatic heterocycles. The second-order valence-electron chi connectivity index (χ2n) is 3.93. The van der Waals surface area contributed by atoms with Gasteiger partial charge in [-0.25, -0.2) is 8.78 Å². The van der Waals surface area contributed by atoms with Gasteiger partial charge in [0, 0.05) is 14.5 Å². The smallest absolute Gasteiger partial charge is 0.160 e. The molecule has 0 amide bonds. The second-order valence-corrected chi connectivity index (χ2v) is 5.66. The molecule has 0 saturated carbocycles. The molecule has 19 heavy (non-hydrogen) atoms. The highest BCUT2D eigenvalue weighted by Crippen LogP contribution is 2.33. The maximum absolute atomic E-state index is 13.3. The van der Waals surface area contributed by atoms with E-state index >= 15 is 0 Å². The van der Waals surface area contributed by atoms with Gasteiger partial charge in [-0.3, -0.25) is 0 Å². The van der Waals surface area contributed by atoms with E-state index in [1.165, 1.54) is 0 Å². The molecule has 0 radical (unpaired) electrons. The van der Waals surface area contributed by atoms with Crippen molar-refractivity contribution in [3.05, 3.63) is 67.6 Å². The Morgan fingerprint density at radius 3 is 2.21 bits per heavy atom. The average Bonchev–Trinajstić information content (AvgIpc) is 2.36. The molecular formula is C13H8BrCl2F2N.